The first-order chi connectivity index (χ1) is 13.8. The van der Waals surface area contributed by atoms with Crippen molar-refractivity contribution in [3.63, 3.8) is 0 Å². The van der Waals surface area contributed by atoms with Crippen molar-refractivity contribution in [2.75, 3.05) is 10.6 Å². The van der Waals surface area contributed by atoms with E-state index in [2.05, 4.69) is 15.7 Å². The number of amides is 2. The van der Waals surface area contributed by atoms with Crippen LogP contribution in [0.25, 0.3) is 11.3 Å². The van der Waals surface area contributed by atoms with E-state index in [9.17, 15) is 14.4 Å². The van der Waals surface area contributed by atoms with Gasteiger partial charge in [0.15, 0.2) is 0 Å². The monoisotopic (exact) mass is 390 g/mol. The minimum absolute atomic E-state index is 0.170. The van der Waals surface area contributed by atoms with Crippen LogP contribution >= 0.6 is 0 Å². The summed E-state index contributed by atoms with van der Waals surface area (Å²) < 4.78 is 1.12. The van der Waals surface area contributed by atoms with Crippen LogP contribution in [0.5, 0.6) is 0 Å². The lowest BCUT2D eigenvalue weighted by Crippen LogP contribution is -2.29. The molecule has 0 saturated carbocycles. The van der Waals surface area contributed by atoms with E-state index in [1.54, 1.807) is 24.3 Å². The molecule has 2 amide bonds. The minimum atomic E-state index is -0.373. The predicted octanol–water partition coefficient (Wildman–Crippen LogP) is 3.12. The van der Waals surface area contributed by atoms with Crippen LogP contribution in [0.2, 0.25) is 0 Å². The zero-order valence-electron chi connectivity index (χ0n) is 16.5. The first kappa shape index (κ1) is 20.0. The molecule has 2 aromatic carbocycles. The second kappa shape index (κ2) is 8.52. The number of carbonyl (C=O) groups is 2. The second-order valence-electron chi connectivity index (χ2n) is 6.84. The highest BCUT2D eigenvalue weighted by Crippen LogP contribution is 2.23. The highest BCUT2D eigenvalue weighted by molar-refractivity contribution is 5.91. The normalized spacial score (nSPS) is 10.4. The van der Waals surface area contributed by atoms with Gasteiger partial charge in [-0.3, -0.25) is 14.4 Å². The highest BCUT2D eigenvalue weighted by Gasteiger charge is 2.10. The summed E-state index contributed by atoms with van der Waals surface area (Å²) >= 11 is 0. The Morgan fingerprint density at radius 3 is 2.38 bits per heavy atom. The Kier molecular flexibility index (Phi) is 5.87. The third kappa shape index (κ3) is 5.16. The van der Waals surface area contributed by atoms with Gasteiger partial charge in [-0.15, -0.1) is 0 Å². The van der Waals surface area contributed by atoms with Gasteiger partial charge < -0.3 is 10.6 Å². The molecule has 7 nitrogen and oxygen atoms in total. The Morgan fingerprint density at radius 1 is 0.966 bits per heavy atom. The first-order valence-electron chi connectivity index (χ1n) is 9.15. The molecule has 2 N–H and O–H groups in total. The van der Waals surface area contributed by atoms with E-state index >= 15 is 0 Å². The van der Waals surface area contributed by atoms with E-state index in [0.29, 0.717) is 17.1 Å². The average molecular weight is 390 g/mol. The number of nitrogens with one attached hydrogen (secondary N) is 2. The number of anilines is 2. The first-order valence-corrected chi connectivity index (χ1v) is 9.15. The van der Waals surface area contributed by atoms with Crippen LogP contribution in [0.4, 0.5) is 11.4 Å². The molecule has 29 heavy (non-hydrogen) atoms. The summed E-state index contributed by atoms with van der Waals surface area (Å²) in [6.45, 7) is 5.09. The van der Waals surface area contributed by atoms with E-state index in [1.165, 1.54) is 13.0 Å². The maximum absolute atomic E-state index is 12.3. The Morgan fingerprint density at radius 2 is 1.69 bits per heavy atom. The van der Waals surface area contributed by atoms with Crippen LogP contribution in [-0.2, 0) is 16.1 Å². The van der Waals surface area contributed by atoms with Gasteiger partial charge in [0, 0.05) is 29.9 Å². The lowest BCUT2D eigenvalue weighted by atomic mass is 10.1. The number of hydrogen-bond acceptors (Lipinski definition) is 4. The van der Waals surface area contributed by atoms with Crippen LogP contribution in [-0.4, -0.2) is 21.6 Å². The molecule has 0 aliphatic heterocycles. The molecule has 3 aromatic rings. The number of benzene rings is 2. The van der Waals surface area contributed by atoms with Gasteiger partial charge >= 0.3 is 0 Å². The van der Waals surface area contributed by atoms with Crippen LogP contribution in [0.3, 0.4) is 0 Å². The number of carbonyl (C=O) groups excluding carboxylic acids is 2. The van der Waals surface area contributed by atoms with Gasteiger partial charge in [0.05, 0.1) is 5.69 Å². The van der Waals surface area contributed by atoms with Crippen molar-refractivity contribution in [1.82, 2.24) is 9.78 Å². The SMILES string of the molecule is CC(=O)Nc1cc(-c2ccc(=O)n(CC(=O)Nc3ccc(C)cc3)n2)ccc1C. The van der Waals surface area contributed by atoms with Crippen LogP contribution in [0, 0.1) is 13.8 Å². The van der Waals surface area contributed by atoms with Gasteiger partial charge in [-0.05, 0) is 43.7 Å². The van der Waals surface area contributed by atoms with E-state index in [-0.39, 0.29) is 23.9 Å². The molecule has 0 saturated heterocycles. The third-order valence-electron chi connectivity index (χ3n) is 4.34. The lowest BCUT2D eigenvalue weighted by Gasteiger charge is -2.11. The van der Waals surface area contributed by atoms with E-state index in [4.69, 9.17) is 0 Å². The Balaban J connectivity index is 1.83. The van der Waals surface area contributed by atoms with E-state index in [0.717, 1.165) is 21.4 Å². The summed E-state index contributed by atoms with van der Waals surface area (Å²) in [4.78, 5) is 35.9. The lowest BCUT2D eigenvalue weighted by molar-refractivity contribution is -0.117. The topological polar surface area (TPSA) is 93.1 Å². The molecule has 0 atom stereocenters. The van der Waals surface area contributed by atoms with Gasteiger partial charge in [-0.25, -0.2) is 4.68 Å². The number of nitrogens with zero attached hydrogens (tertiary/aromatic N) is 2. The van der Waals surface area contributed by atoms with E-state index in [1.807, 2.05) is 38.1 Å². The van der Waals surface area contributed by atoms with Crippen molar-refractivity contribution in [2.45, 2.75) is 27.3 Å². The molecular formula is C22H22N4O3. The summed E-state index contributed by atoms with van der Waals surface area (Å²) in [6, 6.07) is 15.9. The summed E-state index contributed by atoms with van der Waals surface area (Å²) in [5, 5.41) is 9.85. The van der Waals surface area contributed by atoms with Gasteiger partial charge in [-0.2, -0.15) is 5.10 Å². The predicted molar refractivity (Wildman–Crippen MR) is 113 cm³/mol. The molecule has 0 bridgehead atoms. The maximum Gasteiger partial charge on any atom is 0.267 e. The summed E-state index contributed by atoms with van der Waals surface area (Å²) in [5.74, 6) is -0.514. The van der Waals surface area contributed by atoms with Crippen molar-refractivity contribution < 1.29 is 9.59 Å². The van der Waals surface area contributed by atoms with Gasteiger partial charge in [-0.1, -0.05) is 29.8 Å². The zero-order chi connectivity index (χ0) is 21.0. The Labute approximate surface area is 168 Å². The molecule has 0 aliphatic carbocycles. The van der Waals surface area contributed by atoms with Gasteiger partial charge in [0.25, 0.3) is 5.56 Å². The standard InChI is InChI=1S/C22H22N4O3/c1-14-4-8-18(9-5-14)24-21(28)13-26-22(29)11-10-19(25-26)17-7-6-15(2)20(12-17)23-16(3)27/h4-12H,13H2,1-3H3,(H,23,27)(H,24,28). The van der Waals surface area contributed by atoms with Gasteiger partial charge in [0.1, 0.15) is 6.54 Å². The molecule has 1 heterocycles. The number of aromatic nitrogens is 2. The van der Waals surface area contributed by atoms with Gasteiger partial charge in [0.2, 0.25) is 11.8 Å². The number of hydrogen-bond donors (Lipinski definition) is 2. The van der Waals surface area contributed by atoms with Crippen molar-refractivity contribution in [2.24, 2.45) is 0 Å². The highest BCUT2D eigenvalue weighted by atomic mass is 16.2. The summed E-state index contributed by atoms with van der Waals surface area (Å²) in [6.07, 6.45) is 0. The summed E-state index contributed by atoms with van der Waals surface area (Å²) in [5.41, 5.74) is 4.21. The van der Waals surface area contributed by atoms with Crippen LogP contribution in [0.15, 0.2) is 59.4 Å². The second-order valence-corrected chi connectivity index (χ2v) is 6.84. The average Bonchev–Trinajstić information content (AvgIpc) is 2.67. The fourth-order valence-electron chi connectivity index (χ4n) is 2.80. The molecule has 1 aromatic heterocycles. The molecule has 7 heteroatoms. The number of rotatable bonds is 5. The smallest absolute Gasteiger partial charge is 0.267 e. The van der Waals surface area contributed by atoms with Crippen LogP contribution in [0.1, 0.15) is 18.1 Å². The van der Waals surface area contributed by atoms with Crippen molar-refractivity contribution in [3.8, 4) is 11.3 Å². The van der Waals surface area contributed by atoms with Crippen molar-refractivity contribution >= 4 is 23.2 Å². The molecule has 0 aliphatic rings. The molecular weight excluding hydrogens is 368 g/mol. The molecule has 0 fully saturated rings. The maximum atomic E-state index is 12.3. The summed E-state index contributed by atoms with van der Waals surface area (Å²) in [7, 11) is 0. The van der Waals surface area contributed by atoms with Crippen molar-refractivity contribution in [3.05, 3.63) is 76.1 Å². The fraction of sp³-hybridized carbons (Fsp3) is 0.182. The Bertz CT molecular complexity index is 1120. The van der Waals surface area contributed by atoms with E-state index < -0.39 is 0 Å². The molecule has 0 spiro atoms. The largest absolute Gasteiger partial charge is 0.326 e. The molecule has 0 unspecified atom stereocenters. The van der Waals surface area contributed by atoms with Crippen LogP contribution < -0.4 is 16.2 Å². The molecule has 148 valence electrons. The molecule has 0 radical (unpaired) electrons. The zero-order valence-corrected chi connectivity index (χ0v) is 16.5. The van der Waals surface area contributed by atoms with Crippen molar-refractivity contribution in [1.29, 1.82) is 0 Å². The Hall–Kier alpha value is -3.74. The third-order valence-corrected chi connectivity index (χ3v) is 4.34. The fourth-order valence-corrected chi connectivity index (χ4v) is 2.80. The minimum Gasteiger partial charge on any atom is -0.326 e. The molecule has 3 rings (SSSR count). The quantitative estimate of drug-likeness (QED) is 0.700. The number of aryl methyl sites for hydroxylation is 2.